The third kappa shape index (κ3) is 8.55. The molecule has 0 aliphatic heterocycles. The van der Waals surface area contributed by atoms with Crippen molar-refractivity contribution in [2.45, 2.75) is 63.9 Å². The highest BCUT2D eigenvalue weighted by atomic mass is 32.2. The van der Waals surface area contributed by atoms with Crippen LogP contribution in [-0.4, -0.2) is 37.2 Å². The lowest BCUT2D eigenvalue weighted by Gasteiger charge is -2.18. The predicted molar refractivity (Wildman–Crippen MR) is 117 cm³/mol. The van der Waals surface area contributed by atoms with Crippen LogP contribution in [0.5, 0.6) is 5.75 Å². The Kier molecular flexibility index (Phi) is 10.4. The molecule has 0 radical (unpaired) electrons. The lowest BCUT2D eigenvalue weighted by molar-refractivity contribution is -0.111. The van der Waals surface area contributed by atoms with Crippen molar-refractivity contribution in [1.29, 1.82) is 0 Å². The molecule has 2 unspecified atom stereocenters. The minimum atomic E-state index is -3.99. The highest BCUT2D eigenvalue weighted by Gasteiger charge is 2.24. The van der Waals surface area contributed by atoms with Crippen molar-refractivity contribution in [1.82, 2.24) is 4.98 Å². The summed E-state index contributed by atoms with van der Waals surface area (Å²) in [4.78, 5) is 3.55. The van der Waals surface area contributed by atoms with Gasteiger partial charge < -0.3 is 14.6 Å². The fraction of sp³-hybridized carbons (Fsp3) is 0.522. The normalized spacial score (nSPS) is 13.7. The lowest BCUT2D eigenvalue weighted by Crippen LogP contribution is -2.22. The van der Waals surface area contributed by atoms with Gasteiger partial charge in [-0.05, 0) is 30.0 Å². The number of ether oxygens (including phenoxy) is 2. The molecule has 0 aliphatic rings. The molecule has 1 N–H and O–H groups in total. The van der Waals surface area contributed by atoms with Crippen molar-refractivity contribution in [3.8, 4) is 5.75 Å². The summed E-state index contributed by atoms with van der Waals surface area (Å²) >= 11 is 0. The van der Waals surface area contributed by atoms with Gasteiger partial charge in [0.2, 0.25) is 5.95 Å². The van der Waals surface area contributed by atoms with Gasteiger partial charge in [-0.2, -0.15) is 4.39 Å². The van der Waals surface area contributed by atoms with E-state index in [2.05, 4.69) is 18.8 Å². The van der Waals surface area contributed by atoms with E-state index in [1.54, 1.807) is 0 Å². The minimum Gasteiger partial charge on any atom is -0.486 e. The van der Waals surface area contributed by atoms with Gasteiger partial charge in [0.25, 0.3) is 0 Å². The summed E-state index contributed by atoms with van der Waals surface area (Å²) in [6, 6.07) is 11.5. The molecule has 1 heterocycles. The van der Waals surface area contributed by atoms with Crippen LogP contribution in [0.1, 0.15) is 51.5 Å². The van der Waals surface area contributed by atoms with E-state index >= 15 is 0 Å². The number of nitrogens with zero attached hydrogens (tertiary/aromatic N) is 1. The Morgan fingerprint density at radius 2 is 1.84 bits per heavy atom. The predicted octanol–water partition coefficient (Wildman–Crippen LogP) is 4.51. The third-order valence-electron chi connectivity index (χ3n) is 5.02. The van der Waals surface area contributed by atoms with Gasteiger partial charge in [-0.1, -0.05) is 63.4 Å². The molecule has 0 bridgehead atoms. The first kappa shape index (κ1) is 25.2. The van der Waals surface area contributed by atoms with E-state index in [0.29, 0.717) is 12.5 Å². The number of pyridine rings is 1. The van der Waals surface area contributed by atoms with Crippen molar-refractivity contribution in [2.75, 3.05) is 12.4 Å². The first-order chi connectivity index (χ1) is 14.9. The van der Waals surface area contributed by atoms with Crippen LogP contribution in [0.4, 0.5) is 4.39 Å². The summed E-state index contributed by atoms with van der Waals surface area (Å²) < 4.78 is 50.3. The average Bonchev–Trinajstić information content (AvgIpc) is 2.77. The SMILES string of the molecule is CCCCC(CC)COC(O)CCS(=O)(=O)c1nc(F)ccc1OCc1ccccc1. The average molecular weight is 454 g/mol. The minimum absolute atomic E-state index is 0.0220. The van der Waals surface area contributed by atoms with Crippen LogP contribution < -0.4 is 4.74 Å². The zero-order valence-corrected chi connectivity index (χ0v) is 19.0. The zero-order chi connectivity index (χ0) is 22.7. The molecule has 2 aromatic rings. The number of aliphatic hydroxyl groups is 1. The molecule has 0 fully saturated rings. The smallest absolute Gasteiger partial charge is 0.214 e. The first-order valence-corrected chi connectivity index (χ1v) is 12.4. The summed E-state index contributed by atoms with van der Waals surface area (Å²) in [6.45, 7) is 4.68. The quantitative estimate of drug-likeness (QED) is 0.334. The molecule has 1 aromatic carbocycles. The van der Waals surface area contributed by atoms with Gasteiger partial charge in [0.15, 0.2) is 26.9 Å². The van der Waals surface area contributed by atoms with Gasteiger partial charge in [-0.3, -0.25) is 0 Å². The maximum absolute atomic E-state index is 13.7. The fourth-order valence-electron chi connectivity index (χ4n) is 3.05. The Balaban J connectivity index is 1.98. The molecule has 0 amide bonds. The van der Waals surface area contributed by atoms with E-state index < -0.39 is 32.9 Å². The Labute approximate surface area is 184 Å². The molecular formula is C23H32FNO5S. The molecule has 2 atom stereocenters. The zero-order valence-electron chi connectivity index (χ0n) is 18.2. The molecule has 6 nitrogen and oxygen atoms in total. The topological polar surface area (TPSA) is 85.7 Å². The molecule has 0 spiro atoms. The van der Waals surface area contributed by atoms with Gasteiger partial charge in [-0.15, -0.1) is 0 Å². The highest BCUT2D eigenvalue weighted by molar-refractivity contribution is 7.91. The number of halogens is 1. The second kappa shape index (κ2) is 12.7. The Bertz CT molecular complexity index is 892. The second-order valence-corrected chi connectivity index (χ2v) is 9.55. The van der Waals surface area contributed by atoms with E-state index in [1.165, 1.54) is 6.07 Å². The molecule has 1 aromatic heterocycles. The maximum atomic E-state index is 13.7. The molecule has 0 saturated heterocycles. The van der Waals surface area contributed by atoms with Crippen LogP contribution in [0, 0.1) is 11.9 Å². The summed E-state index contributed by atoms with van der Waals surface area (Å²) in [5, 5.41) is 9.63. The van der Waals surface area contributed by atoms with Gasteiger partial charge in [0.05, 0.1) is 12.4 Å². The van der Waals surface area contributed by atoms with E-state index in [9.17, 15) is 17.9 Å². The molecule has 0 aliphatic carbocycles. The van der Waals surface area contributed by atoms with Crippen molar-refractivity contribution in [2.24, 2.45) is 5.92 Å². The Morgan fingerprint density at radius 3 is 2.52 bits per heavy atom. The number of benzene rings is 1. The number of aliphatic hydroxyl groups excluding tert-OH is 1. The van der Waals surface area contributed by atoms with Crippen molar-refractivity contribution >= 4 is 9.84 Å². The highest BCUT2D eigenvalue weighted by Crippen LogP contribution is 2.25. The van der Waals surface area contributed by atoms with E-state index in [1.807, 2.05) is 30.3 Å². The molecule has 2 rings (SSSR count). The van der Waals surface area contributed by atoms with Crippen LogP contribution in [0.25, 0.3) is 0 Å². The Hall–Kier alpha value is -2.03. The van der Waals surface area contributed by atoms with Crippen molar-refractivity contribution in [3.05, 3.63) is 54.0 Å². The van der Waals surface area contributed by atoms with Crippen LogP contribution in [0.15, 0.2) is 47.5 Å². The summed E-state index contributed by atoms with van der Waals surface area (Å²) in [7, 11) is -3.99. The van der Waals surface area contributed by atoms with Crippen LogP contribution in [0.3, 0.4) is 0 Å². The number of aromatic nitrogens is 1. The van der Waals surface area contributed by atoms with Gasteiger partial charge in [0, 0.05) is 6.42 Å². The molecular weight excluding hydrogens is 421 g/mol. The standard InChI is InChI=1S/C23H32FNO5S/c1-3-5-9-18(4-2)16-30-22(26)14-15-31(27,28)23-20(12-13-21(24)25-23)29-17-19-10-7-6-8-11-19/h6-8,10-13,18,22,26H,3-5,9,14-17H2,1-2H3. The van der Waals surface area contributed by atoms with Crippen molar-refractivity contribution < 1.29 is 27.4 Å². The van der Waals surface area contributed by atoms with Crippen LogP contribution in [-0.2, 0) is 21.2 Å². The third-order valence-corrected chi connectivity index (χ3v) is 6.68. The monoisotopic (exact) mass is 453 g/mol. The number of unbranched alkanes of at least 4 members (excludes halogenated alkanes) is 1. The van der Waals surface area contributed by atoms with Gasteiger partial charge in [0.1, 0.15) is 6.61 Å². The van der Waals surface area contributed by atoms with Gasteiger partial charge >= 0.3 is 0 Å². The summed E-state index contributed by atoms with van der Waals surface area (Å²) in [5.74, 6) is -1.04. The van der Waals surface area contributed by atoms with Crippen LogP contribution >= 0.6 is 0 Å². The molecule has 0 saturated carbocycles. The van der Waals surface area contributed by atoms with E-state index in [-0.39, 0.29) is 18.8 Å². The largest absolute Gasteiger partial charge is 0.486 e. The summed E-state index contributed by atoms with van der Waals surface area (Å²) in [6.07, 6.45) is 2.76. The summed E-state index contributed by atoms with van der Waals surface area (Å²) in [5.41, 5.74) is 0.840. The number of sulfone groups is 1. The molecule has 31 heavy (non-hydrogen) atoms. The second-order valence-electron chi connectivity index (χ2n) is 7.52. The molecule has 8 heteroatoms. The first-order valence-electron chi connectivity index (χ1n) is 10.7. The Morgan fingerprint density at radius 1 is 1.10 bits per heavy atom. The van der Waals surface area contributed by atoms with E-state index in [4.69, 9.17) is 9.47 Å². The van der Waals surface area contributed by atoms with Crippen molar-refractivity contribution in [3.63, 3.8) is 0 Å². The number of hydrogen-bond donors (Lipinski definition) is 1. The fourth-order valence-corrected chi connectivity index (χ4v) is 4.42. The molecule has 172 valence electrons. The van der Waals surface area contributed by atoms with E-state index in [0.717, 1.165) is 37.3 Å². The lowest BCUT2D eigenvalue weighted by atomic mass is 10.0. The number of rotatable bonds is 14. The van der Waals surface area contributed by atoms with Gasteiger partial charge in [-0.25, -0.2) is 13.4 Å². The maximum Gasteiger partial charge on any atom is 0.214 e. The van der Waals surface area contributed by atoms with Crippen LogP contribution in [0.2, 0.25) is 0 Å². The number of hydrogen-bond acceptors (Lipinski definition) is 6.